The highest BCUT2D eigenvalue weighted by Crippen LogP contribution is 2.29. The van der Waals surface area contributed by atoms with E-state index in [-0.39, 0.29) is 0 Å². The lowest BCUT2D eigenvalue weighted by Gasteiger charge is -2.35. The molecule has 98 valence electrons. The zero-order chi connectivity index (χ0) is 12.6. The minimum Gasteiger partial charge on any atom is -0.303 e. The fraction of sp³-hybridized carbons (Fsp3) is 1.00. The molecule has 0 aromatic rings. The molecule has 1 nitrogen and oxygen atoms in total. The Labute approximate surface area is 104 Å². The fourth-order valence-electron chi connectivity index (χ4n) is 2.72. The molecule has 1 rings (SSSR count). The van der Waals surface area contributed by atoms with E-state index in [1.807, 2.05) is 13.8 Å². The van der Waals surface area contributed by atoms with Gasteiger partial charge in [0.2, 0.25) is 0 Å². The fourth-order valence-corrected chi connectivity index (χ4v) is 2.72. The molecule has 0 N–H and O–H groups in total. The van der Waals surface area contributed by atoms with Crippen molar-refractivity contribution in [2.24, 2.45) is 11.8 Å². The van der Waals surface area contributed by atoms with Gasteiger partial charge in [0, 0.05) is 12.6 Å². The lowest BCUT2D eigenvalue weighted by atomic mass is 9.84. The van der Waals surface area contributed by atoms with Gasteiger partial charge >= 0.3 is 0 Å². The Morgan fingerprint density at radius 3 is 1.94 bits per heavy atom. The first-order valence-corrected chi connectivity index (χ1v) is 7.33. The molecule has 1 fully saturated rings. The van der Waals surface area contributed by atoms with E-state index in [2.05, 4.69) is 32.7 Å². The second-order valence-electron chi connectivity index (χ2n) is 5.42. The number of hydrogen-bond donors (Lipinski definition) is 0. The van der Waals surface area contributed by atoms with Gasteiger partial charge in [-0.2, -0.15) is 0 Å². The van der Waals surface area contributed by atoms with Crippen LogP contribution in [0.2, 0.25) is 0 Å². The van der Waals surface area contributed by atoms with E-state index in [0.717, 1.165) is 17.9 Å². The standard InChI is InChI=1S/C13H27N.C2H6/c1-5-12-6-8-13(9-7-12)14(4)10-11(2)3;1-2/h11-13H,5-10H2,1-4H3;1-2H3. The molecule has 1 aliphatic rings. The molecule has 1 heteroatoms. The van der Waals surface area contributed by atoms with E-state index >= 15 is 0 Å². The number of hydrogen-bond acceptors (Lipinski definition) is 1. The Bertz CT molecular complexity index is 146. The van der Waals surface area contributed by atoms with Gasteiger partial charge in [0.1, 0.15) is 0 Å². The van der Waals surface area contributed by atoms with Crippen molar-refractivity contribution in [3.05, 3.63) is 0 Å². The predicted octanol–water partition coefficient (Wildman–Crippen LogP) is 4.57. The molecule has 0 atom stereocenters. The van der Waals surface area contributed by atoms with E-state index in [1.54, 1.807) is 0 Å². The molecule has 1 aliphatic carbocycles. The van der Waals surface area contributed by atoms with Crippen molar-refractivity contribution in [3.63, 3.8) is 0 Å². The molecular formula is C15H33N. The van der Waals surface area contributed by atoms with Gasteiger partial charge in [-0.05, 0) is 44.6 Å². The van der Waals surface area contributed by atoms with Gasteiger partial charge in [-0.1, -0.05) is 41.0 Å². The summed E-state index contributed by atoms with van der Waals surface area (Å²) in [5, 5.41) is 0. The minimum absolute atomic E-state index is 0.809. The second-order valence-corrected chi connectivity index (χ2v) is 5.42. The smallest absolute Gasteiger partial charge is 0.00925 e. The maximum absolute atomic E-state index is 2.58. The monoisotopic (exact) mass is 227 g/mol. The molecule has 0 aliphatic heterocycles. The highest BCUT2D eigenvalue weighted by molar-refractivity contribution is 4.77. The highest BCUT2D eigenvalue weighted by Gasteiger charge is 2.22. The maximum Gasteiger partial charge on any atom is 0.00925 e. The van der Waals surface area contributed by atoms with Gasteiger partial charge < -0.3 is 4.90 Å². The number of nitrogens with zero attached hydrogens (tertiary/aromatic N) is 1. The van der Waals surface area contributed by atoms with Crippen molar-refractivity contribution < 1.29 is 0 Å². The number of rotatable bonds is 4. The van der Waals surface area contributed by atoms with Gasteiger partial charge in [-0.3, -0.25) is 0 Å². The van der Waals surface area contributed by atoms with Crippen LogP contribution in [0.4, 0.5) is 0 Å². The Morgan fingerprint density at radius 1 is 1.06 bits per heavy atom. The second kappa shape index (κ2) is 9.04. The molecule has 0 spiro atoms. The van der Waals surface area contributed by atoms with Crippen LogP contribution >= 0.6 is 0 Å². The van der Waals surface area contributed by atoms with E-state index in [1.165, 1.54) is 38.6 Å². The Morgan fingerprint density at radius 2 is 1.56 bits per heavy atom. The largest absolute Gasteiger partial charge is 0.303 e. The summed E-state index contributed by atoms with van der Waals surface area (Å²) in [5.74, 6) is 1.84. The molecule has 0 unspecified atom stereocenters. The zero-order valence-corrected chi connectivity index (χ0v) is 12.4. The van der Waals surface area contributed by atoms with Gasteiger partial charge in [-0.25, -0.2) is 0 Å². The van der Waals surface area contributed by atoms with Crippen LogP contribution in [0.3, 0.4) is 0 Å². The molecule has 0 radical (unpaired) electrons. The van der Waals surface area contributed by atoms with Crippen molar-refractivity contribution >= 4 is 0 Å². The minimum atomic E-state index is 0.809. The van der Waals surface area contributed by atoms with Crippen molar-refractivity contribution in [3.8, 4) is 0 Å². The van der Waals surface area contributed by atoms with Crippen LogP contribution in [0.5, 0.6) is 0 Å². The van der Waals surface area contributed by atoms with Crippen LogP contribution in [0.15, 0.2) is 0 Å². The Hall–Kier alpha value is -0.0400. The van der Waals surface area contributed by atoms with Gasteiger partial charge in [0.05, 0.1) is 0 Å². The molecule has 16 heavy (non-hydrogen) atoms. The van der Waals surface area contributed by atoms with E-state index in [0.29, 0.717) is 0 Å². The molecule has 0 bridgehead atoms. The topological polar surface area (TPSA) is 3.24 Å². The van der Waals surface area contributed by atoms with Crippen LogP contribution in [0.1, 0.15) is 66.7 Å². The predicted molar refractivity (Wildman–Crippen MR) is 74.9 cm³/mol. The normalized spacial score (nSPS) is 25.5. The lowest BCUT2D eigenvalue weighted by molar-refractivity contribution is 0.150. The van der Waals surface area contributed by atoms with E-state index in [4.69, 9.17) is 0 Å². The van der Waals surface area contributed by atoms with Crippen molar-refractivity contribution in [1.29, 1.82) is 0 Å². The summed E-state index contributed by atoms with van der Waals surface area (Å²) < 4.78 is 0. The summed E-state index contributed by atoms with van der Waals surface area (Å²) in [6.07, 6.45) is 7.18. The third kappa shape index (κ3) is 5.89. The molecule has 0 aromatic carbocycles. The van der Waals surface area contributed by atoms with Crippen molar-refractivity contribution in [2.45, 2.75) is 72.8 Å². The average molecular weight is 227 g/mol. The van der Waals surface area contributed by atoms with Gasteiger partial charge in [-0.15, -0.1) is 0 Å². The van der Waals surface area contributed by atoms with Crippen LogP contribution < -0.4 is 0 Å². The maximum atomic E-state index is 2.58. The van der Waals surface area contributed by atoms with E-state index < -0.39 is 0 Å². The average Bonchev–Trinajstić information content (AvgIpc) is 2.31. The van der Waals surface area contributed by atoms with Gasteiger partial charge in [0.25, 0.3) is 0 Å². The molecule has 1 saturated carbocycles. The summed E-state index contributed by atoms with van der Waals surface area (Å²) in [6, 6.07) is 0.875. The van der Waals surface area contributed by atoms with Crippen LogP contribution in [-0.2, 0) is 0 Å². The quantitative estimate of drug-likeness (QED) is 0.680. The molecule has 0 amide bonds. The van der Waals surface area contributed by atoms with Crippen LogP contribution in [0, 0.1) is 11.8 Å². The third-order valence-electron chi connectivity index (χ3n) is 3.67. The highest BCUT2D eigenvalue weighted by atomic mass is 15.1. The first-order chi connectivity index (χ1) is 7.63. The van der Waals surface area contributed by atoms with E-state index in [9.17, 15) is 0 Å². The van der Waals surface area contributed by atoms with Crippen molar-refractivity contribution in [2.75, 3.05) is 13.6 Å². The Balaban J connectivity index is 0.00000106. The summed E-state index contributed by atoms with van der Waals surface area (Å²) >= 11 is 0. The Kier molecular flexibility index (Phi) is 9.02. The molecular weight excluding hydrogens is 194 g/mol. The third-order valence-corrected chi connectivity index (χ3v) is 3.67. The molecule has 0 heterocycles. The van der Waals surface area contributed by atoms with Crippen molar-refractivity contribution in [1.82, 2.24) is 4.90 Å². The first kappa shape index (κ1) is 16.0. The SMILES string of the molecule is CC.CCC1CCC(N(C)CC(C)C)CC1. The van der Waals surface area contributed by atoms with Crippen LogP contribution in [-0.4, -0.2) is 24.5 Å². The molecule has 0 saturated heterocycles. The summed E-state index contributed by atoms with van der Waals surface area (Å²) in [4.78, 5) is 2.58. The lowest BCUT2D eigenvalue weighted by Crippen LogP contribution is -2.37. The van der Waals surface area contributed by atoms with Gasteiger partial charge in [0.15, 0.2) is 0 Å². The zero-order valence-electron chi connectivity index (χ0n) is 12.4. The summed E-state index contributed by atoms with van der Waals surface area (Å²) in [5.41, 5.74) is 0. The first-order valence-electron chi connectivity index (χ1n) is 7.33. The molecule has 0 aromatic heterocycles. The summed E-state index contributed by atoms with van der Waals surface area (Å²) in [7, 11) is 2.30. The van der Waals surface area contributed by atoms with Crippen LogP contribution in [0.25, 0.3) is 0 Å². The summed E-state index contributed by atoms with van der Waals surface area (Å²) in [6.45, 7) is 12.2.